The number of aromatic nitrogens is 2. The molecule has 0 radical (unpaired) electrons. The topological polar surface area (TPSA) is 51.6 Å². The third-order valence-electron chi connectivity index (χ3n) is 4.60. The Hall–Kier alpha value is -2.21. The van der Waals surface area contributed by atoms with Gasteiger partial charge in [-0.05, 0) is 45.0 Å². The monoisotopic (exact) mass is 344 g/mol. The molecule has 0 saturated carbocycles. The molecule has 0 aliphatic carbocycles. The van der Waals surface area contributed by atoms with Crippen LogP contribution in [0.3, 0.4) is 0 Å². The number of rotatable bonds is 5. The van der Waals surface area contributed by atoms with Gasteiger partial charge in [-0.1, -0.05) is 0 Å². The molecule has 0 spiro atoms. The van der Waals surface area contributed by atoms with Crippen molar-refractivity contribution in [3.8, 4) is 5.88 Å². The Labute approximate surface area is 149 Å². The van der Waals surface area contributed by atoms with E-state index in [4.69, 9.17) is 9.47 Å². The van der Waals surface area contributed by atoms with Crippen molar-refractivity contribution < 1.29 is 9.47 Å². The van der Waals surface area contributed by atoms with Gasteiger partial charge in [0.15, 0.2) is 0 Å². The van der Waals surface area contributed by atoms with Crippen molar-refractivity contribution >= 4 is 11.4 Å². The molecular formula is C19H28N4O2. The Balaban J connectivity index is 1.65. The summed E-state index contributed by atoms with van der Waals surface area (Å²) in [6.45, 7) is 8.81. The highest BCUT2D eigenvalue weighted by atomic mass is 16.5. The van der Waals surface area contributed by atoms with Crippen LogP contribution in [0.4, 0.5) is 11.4 Å². The lowest BCUT2D eigenvalue weighted by Crippen LogP contribution is -2.45. The number of morpholine rings is 1. The molecule has 1 fully saturated rings. The van der Waals surface area contributed by atoms with Crippen LogP contribution in [0.5, 0.6) is 5.88 Å². The molecule has 3 rings (SSSR count). The van der Waals surface area contributed by atoms with E-state index in [1.54, 1.807) is 11.8 Å². The summed E-state index contributed by atoms with van der Waals surface area (Å²) >= 11 is 0. The van der Waals surface area contributed by atoms with Crippen LogP contribution >= 0.6 is 0 Å². The summed E-state index contributed by atoms with van der Waals surface area (Å²) in [5, 5.41) is 7.88. The molecule has 0 amide bonds. The lowest BCUT2D eigenvalue weighted by Gasteiger charge is -2.36. The maximum absolute atomic E-state index is 5.81. The number of methoxy groups -OCH3 is 1. The molecule has 6 heteroatoms. The quantitative estimate of drug-likeness (QED) is 0.904. The number of nitrogens with zero attached hydrogens (tertiary/aromatic N) is 3. The van der Waals surface area contributed by atoms with Crippen molar-refractivity contribution in [1.29, 1.82) is 0 Å². The lowest BCUT2D eigenvalue weighted by molar-refractivity contribution is -0.00521. The molecule has 0 unspecified atom stereocenters. The first-order valence-electron chi connectivity index (χ1n) is 8.78. The summed E-state index contributed by atoms with van der Waals surface area (Å²) in [6, 6.07) is 8.58. The molecule has 2 atom stereocenters. The van der Waals surface area contributed by atoms with E-state index in [0.717, 1.165) is 35.9 Å². The molecule has 25 heavy (non-hydrogen) atoms. The lowest BCUT2D eigenvalue weighted by atomic mass is 10.2. The van der Waals surface area contributed by atoms with Gasteiger partial charge in [0, 0.05) is 38.1 Å². The highest BCUT2D eigenvalue weighted by molar-refractivity contribution is 5.56. The zero-order valence-electron chi connectivity index (χ0n) is 15.7. The summed E-state index contributed by atoms with van der Waals surface area (Å²) < 4.78 is 13.0. The number of hydrogen-bond acceptors (Lipinski definition) is 5. The molecule has 1 saturated heterocycles. The minimum Gasteiger partial charge on any atom is -0.481 e. The third-order valence-corrected chi connectivity index (χ3v) is 4.60. The van der Waals surface area contributed by atoms with E-state index >= 15 is 0 Å². The smallest absolute Gasteiger partial charge is 0.216 e. The van der Waals surface area contributed by atoms with Crippen LogP contribution in [-0.4, -0.2) is 42.2 Å². The molecule has 1 aromatic carbocycles. The van der Waals surface area contributed by atoms with E-state index in [2.05, 4.69) is 53.4 Å². The van der Waals surface area contributed by atoms with E-state index in [0.29, 0.717) is 6.54 Å². The second kappa shape index (κ2) is 7.35. The van der Waals surface area contributed by atoms with Crippen molar-refractivity contribution in [2.45, 2.75) is 39.5 Å². The van der Waals surface area contributed by atoms with Crippen LogP contribution in [0, 0.1) is 6.92 Å². The Morgan fingerprint density at radius 3 is 2.44 bits per heavy atom. The number of benzene rings is 1. The molecule has 1 aromatic heterocycles. The van der Waals surface area contributed by atoms with Gasteiger partial charge in [-0.15, -0.1) is 0 Å². The minimum atomic E-state index is 0.266. The molecule has 1 aliphatic heterocycles. The fourth-order valence-electron chi connectivity index (χ4n) is 3.51. The van der Waals surface area contributed by atoms with E-state index < -0.39 is 0 Å². The van der Waals surface area contributed by atoms with Gasteiger partial charge < -0.3 is 19.7 Å². The fourth-order valence-corrected chi connectivity index (χ4v) is 3.51. The Bertz CT molecular complexity index is 701. The molecule has 136 valence electrons. The number of aryl methyl sites for hydroxylation is 2. The zero-order valence-corrected chi connectivity index (χ0v) is 15.7. The van der Waals surface area contributed by atoms with Gasteiger partial charge in [-0.25, -0.2) is 4.68 Å². The fraction of sp³-hybridized carbons (Fsp3) is 0.526. The zero-order chi connectivity index (χ0) is 18.0. The molecule has 2 heterocycles. The largest absolute Gasteiger partial charge is 0.481 e. The SMILES string of the molecule is COc1c(CNc2ccc(N3C[C@@H](C)O[C@H](C)C3)cc2)c(C)nn1C. The van der Waals surface area contributed by atoms with Crippen LogP contribution in [0.1, 0.15) is 25.1 Å². The molecule has 1 N–H and O–H groups in total. The Morgan fingerprint density at radius 1 is 1.20 bits per heavy atom. The minimum absolute atomic E-state index is 0.266. The molecule has 0 bridgehead atoms. The summed E-state index contributed by atoms with van der Waals surface area (Å²) in [5.41, 5.74) is 4.40. The Morgan fingerprint density at radius 2 is 1.84 bits per heavy atom. The second-order valence-corrected chi connectivity index (χ2v) is 6.76. The van der Waals surface area contributed by atoms with E-state index in [-0.39, 0.29) is 12.2 Å². The van der Waals surface area contributed by atoms with Crippen LogP contribution in [0.2, 0.25) is 0 Å². The van der Waals surface area contributed by atoms with E-state index in [1.807, 2.05) is 14.0 Å². The molecular weight excluding hydrogens is 316 g/mol. The highest BCUT2D eigenvalue weighted by Crippen LogP contribution is 2.25. The van der Waals surface area contributed by atoms with Gasteiger partial charge >= 0.3 is 0 Å². The molecule has 1 aliphatic rings. The van der Waals surface area contributed by atoms with Crippen LogP contribution in [0.15, 0.2) is 24.3 Å². The Kier molecular flexibility index (Phi) is 5.18. The first kappa shape index (κ1) is 17.6. The first-order chi connectivity index (χ1) is 12.0. The maximum atomic E-state index is 5.81. The predicted molar refractivity (Wildman–Crippen MR) is 100 cm³/mol. The van der Waals surface area contributed by atoms with Crippen LogP contribution in [-0.2, 0) is 18.3 Å². The van der Waals surface area contributed by atoms with Crippen molar-refractivity contribution in [1.82, 2.24) is 9.78 Å². The van der Waals surface area contributed by atoms with E-state index in [1.165, 1.54) is 5.69 Å². The van der Waals surface area contributed by atoms with Crippen molar-refractivity contribution in [3.63, 3.8) is 0 Å². The van der Waals surface area contributed by atoms with Gasteiger partial charge in [0.1, 0.15) is 0 Å². The standard InChI is InChI=1S/C19H28N4O2/c1-13-11-23(12-14(2)25-13)17-8-6-16(7-9-17)20-10-18-15(3)21-22(4)19(18)24-5/h6-9,13-14,20H,10-12H2,1-5H3/t13-,14-/m1/s1. The number of ether oxygens (including phenoxy) is 2. The summed E-state index contributed by atoms with van der Waals surface area (Å²) in [7, 11) is 3.58. The number of hydrogen-bond donors (Lipinski definition) is 1. The average molecular weight is 344 g/mol. The number of nitrogens with one attached hydrogen (secondary N) is 1. The maximum Gasteiger partial charge on any atom is 0.216 e. The molecule has 2 aromatic rings. The summed E-state index contributed by atoms with van der Waals surface area (Å²) in [5.74, 6) is 0.804. The van der Waals surface area contributed by atoms with E-state index in [9.17, 15) is 0 Å². The molecule has 6 nitrogen and oxygen atoms in total. The third kappa shape index (κ3) is 3.90. The van der Waals surface area contributed by atoms with Gasteiger partial charge in [0.2, 0.25) is 5.88 Å². The summed E-state index contributed by atoms with van der Waals surface area (Å²) in [6.07, 6.45) is 0.533. The van der Waals surface area contributed by atoms with Crippen LogP contribution in [0.25, 0.3) is 0 Å². The van der Waals surface area contributed by atoms with Crippen molar-refractivity contribution in [2.75, 3.05) is 30.4 Å². The second-order valence-electron chi connectivity index (χ2n) is 6.76. The first-order valence-corrected chi connectivity index (χ1v) is 8.78. The van der Waals surface area contributed by atoms with Gasteiger partial charge in [-0.3, -0.25) is 0 Å². The van der Waals surface area contributed by atoms with Crippen molar-refractivity contribution in [3.05, 3.63) is 35.5 Å². The number of anilines is 2. The predicted octanol–water partition coefficient (Wildman–Crippen LogP) is 2.96. The van der Waals surface area contributed by atoms with Gasteiger partial charge in [0.25, 0.3) is 0 Å². The van der Waals surface area contributed by atoms with Crippen molar-refractivity contribution in [2.24, 2.45) is 7.05 Å². The van der Waals surface area contributed by atoms with Gasteiger partial charge in [0.05, 0.1) is 30.6 Å². The normalized spacial score (nSPS) is 20.6. The van der Waals surface area contributed by atoms with Crippen LogP contribution < -0.4 is 15.0 Å². The highest BCUT2D eigenvalue weighted by Gasteiger charge is 2.22. The van der Waals surface area contributed by atoms with Gasteiger partial charge in [-0.2, -0.15) is 5.10 Å². The summed E-state index contributed by atoms with van der Waals surface area (Å²) in [4.78, 5) is 2.39. The average Bonchev–Trinajstić information content (AvgIpc) is 2.85.